The van der Waals surface area contributed by atoms with E-state index in [4.69, 9.17) is 11.6 Å². The standard InChI is InChI=1S/C25H22ClN3O3/c1-17-11-12-19(26)15-21(17)27-23(30)16-29-22-10-6-5-9-20(22)24(31)28(25(29)32)14-13-18-7-3-2-4-8-18/h2-12,15H,13-14,16H2,1H3,(H,27,30). The van der Waals surface area contributed by atoms with Crippen molar-refractivity contribution < 1.29 is 4.79 Å². The van der Waals surface area contributed by atoms with Crippen molar-refractivity contribution in [3.05, 3.63) is 110 Å². The second-order valence-electron chi connectivity index (χ2n) is 7.59. The normalized spacial score (nSPS) is 10.9. The summed E-state index contributed by atoms with van der Waals surface area (Å²) in [6.45, 7) is 1.86. The van der Waals surface area contributed by atoms with E-state index < -0.39 is 5.69 Å². The van der Waals surface area contributed by atoms with Crippen molar-refractivity contribution in [3.8, 4) is 0 Å². The molecule has 0 aliphatic carbocycles. The lowest BCUT2D eigenvalue weighted by molar-refractivity contribution is -0.116. The molecule has 1 heterocycles. The van der Waals surface area contributed by atoms with Gasteiger partial charge in [-0.1, -0.05) is 60.1 Å². The zero-order valence-corrected chi connectivity index (χ0v) is 18.3. The highest BCUT2D eigenvalue weighted by atomic mass is 35.5. The maximum Gasteiger partial charge on any atom is 0.331 e. The van der Waals surface area contributed by atoms with Gasteiger partial charge in [-0.25, -0.2) is 4.79 Å². The van der Waals surface area contributed by atoms with Crippen LogP contribution in [-0.2, 0) is 24.3 Å². The first-order valence-corrected chi connectivity index (χ1v) is 10.6. The molecule has 4 aromatic rings. The van der Waals surface area contributed by atoms with Crippen molar-refractivity contribution >= 4 is 34.1 Å². The molecular weight excluding hydrogens is 426 g/mol. The summed E-state index contributed by atoms with van der Waals surface area (Å²) < 4.78 is 2.55. The van der Waals surface area contributed by atoms with E-state index in [2.05, 4.69) is 5.32 Å². The van der Waals surface area contributed by atoms with E-state index in [1.54, 1.807) is 36.4 Å². The minimum absolute atomic E-state index is 0.224. The maximum atomic E-state index is 13.3. The van der Waals surface area contributed by atoms with Gasteiger partial charge in [-0.2, -0.15) is 0 Å². The summed E-state index contributed by atoms with van der Waals surface area (Å²) in [5.41, 5.74) is 2.01. The number of aromatic nitrogens is 2. The highest BCUT2D eigenvalue weighted by Crippen LogP contribution is 2.20. The molecule has 6 nitrogen and oxygen atoms in total. The van der Waals surface area contributed by atoms with Crippen LogP contribution in [-0.4, -0.2) is 15.0 Å². The molecule has 7 heteroatoms. The van der Waals surface area contributed by atoms with Gasteiger partial charge in [0.25, 0.3) is 5.56 Å². The average Bonchev–Trinajstić information content (AvgIpc) is 2.80. The van der Waals surface area contributed by atoms with Crippen molar-refractivity contribution in [1.82, 2.24) is 9.13 Å². The summed E-state index contributed by atoms with van der Waals surface area (Å²) in [5, 5.41) is 3.71. The number of carbonyl (C=O) groups excluding carboxylic acids is 1. The molecule has 4 rings (SSSR count). The van der Waals surface area contributed by atoms with Crippen molar-refractivity contribution in [2.75, 3.05) is 5.32 Å². The predicted octanol–water partition coefficient (Wildman–Crippen LogP) is 4.01. The van der Waals surface area contributed by atoms with E-state index in [-0.39, 0.29) is 24.6 Å². The van der Waals surface area contributed by atoms with Crippen LogP contribution in [0.2, 0.25) is 5.02 Å². The van der Waals surface area contributed by atoms with Gasteiger partial charge in [0, 0.05) is 17.3 Å². The van der Waals surface area contributed by atoms with E-state index in [0.717, 1.165) is 11.1 Å². The first-order valence-electron chi connectivity index (χ1n) is 10.3. The molecule has 0 aliphatic heterocycles. The molecule has 1 aromatic heterocycles. The van der Waals surface area contributed by atoms with E-state index >= 15 is 0 Å². The van der Waals surface area contributed by atoms with Crippen LogP contribution in [0.25, 0.3) is 10.9 Å². The Morgan fingerprint density at radius 1 is 0.938 bits per heavy atom. The topological polar surface area (TPSA) is 73.1 Å². The number of amides is 1. The number of hydrogen-bond acceptors (Lipinski definition) is 3. The van der Waals surface area contributed by atoms with Gasteiger partial charge in [-0.05, 0) is 48.7 Å². The molecule has 162 valence electrons. The maximum absolute atomic E-state index is 13.3. The van der Waals surface area contributed by atoms with Gasteiger partial charge in [0.05, 0.1) is 10.9 Å². The van der Waals surface area contributed by atoms with Crippen molar-refractivity contribution in [1.29, 1.82) is 0 Å². The van der Waals surface area contributed by atoms with Crippen molar-refractivity contribution in [2.45, 2.75) is 26.4 Å². The predicted molar refractivity (Wildman–Crippen MR) is 127 cm³/mol. The summed E-state index contributed by atoms with van der Waals surface area (Å²) in [4.78, 5) is 39.1. The number of rotatable bonds is 6. The first-order chi connectivity index (χ1) is 15.4. The van der Waals surface area contributed by atoms with Crippen molar-refractivity contribution in [3.63, 3.8) is 0 Å². The number of para-hydroxylation sites is 1. The third kappa shape index (κ3) is 4.50. The van der Waals surface area contributed by atoms with Crippen LogP contribution < -0.4 is 16.6 Å². The quantitative estimate of drug-likeness (QED) is 0.485. The zero-order valence-electron chi connectivity index (χ0n) is 17.5. The number of anilines is 1. The number of carbonyl (C=O) groups is 1. The Balaban J connectivity index is 1.70. The van der Waals surface area contributed by atoms with Crippen LogP contribution in [0.1, 0.15) is 11.1 Å². The summed E-state index contributed by atoms with van der Waals surface area (Å²) in [6.07, 6.45) is 0.530. The minimum Gasteiger partial charge on any atom is -0.324 e. The van der Waals surface area contributed by atoms with E-state index in [1.165, 1.54) is 9.13 Å². The van der Waals surface area contributed by atoms with Crippen molar-refractivity contribution in [2.24, 2.45) is 0 Å². The van der Waals surface area contributed by atoms with Crippen LogP contribution in [0.15, 0.2) is 82.4 Å². The summed E-state index contributed by atoms with van der Waals surface area (Å²) >= 11 is 6.04. The lowest BCUT2D eigenvalue weighted by Gasteiger charge is -2.15. The summed E-state index contributed by atoms with van der Waals surface area (Å²) in [7, 11) is 0. The van der Waals surface area contributed by atoms with Gasteiger partial charge in [0.2, 0.25) is 5.91 Å². The number of nitrogens with one attached hydrogen (secondary N) is 1. The Morgan fingerprint density at radius 3 is 2.44 bits per heavy atom. The fourth-order valence-corrected chi connectivity index (χ4v) is 3.84. The highest BCUT2D eigenvalue weighted by Gasteiger charge is 2.16. The third-order valence-corrected chi connectivity index (χ3v) is 5.61. The SMILES string of the molecule is Cc1ccc(Cl)cc1NC(=O)Cn1c(=O)n(CCc2ccccc2)c(=O)c2ccccc21. The fourth-order valence-electron chi connectivity index (χ4n) is 3.67. The second-order valence-corrected chi connectivity index (χ2v) is 8.02. The van der Waals surface area contributed by atoms with Gasteiger partial charge in [-0.15, -0.1) is 0 Å². The number of halogens is 1. The summed E-state index contributed by atoms with van der Waals surface area (Å²) in [5.74, 6) is -0.379. The van der Waals surface area contributed by atoms with Crippen LogP contribution >= 0.6 is 11.6 Å². The molecule has 1 amide bonds. The highest BCUT2D eigenvalue weighted by molar-refractivity contribution is 6.31. The molecular formula is C25H22ClN3O3. The van der Waals surface area contributed by atoms with E-state index in [1.807, 2.05) is 43.3 Å². The molecule has 32 heavy (non-hydrogen) atoms. The number of fused-ring (bicyclic) bond motifs is 1. The number of benzene rings is 3. The number of hydrogen-bond donors (Lipinski definition) is 1. The van der Waals surface area contributed by atoms with Gasteiger partial charge in [0.1, 0.15) is 6.54 Å². The Bertz CT molecular complexity index is 1410. The average molecular weight is 448 g/mol. The lowest BCUT2D eigenvalue weighted by atomic mass is 10.1. The largest absolute Gasteiger partial charge is 0.331 e. The van der Waals surface area contributed by atoms with Gasteiger partial charge < -0.3 is 5.32 Å². The van der Waals surface area contributed by atoms with Gasteiger partial charge >= 0.3 is 5.69 Å². The van der Waals surface area contributed by atoms with Gasteiger partial charge in [-0.3, -0.25) is 18.7 Å². The molecule has 0 aliphatic rings. The fraction of sp³-hybridized carbons (Fsp3) is 0.160. The molecule has 3 aromatic carbocycles. The molecule has 0 radical (unpaired) electrons. The molecule has 0 unspecified atom stereocenters. The lowest BCUT2D eigenvalue weighted by Crippen LogP contribution is -2.42. The molecule has 0 bridgehead atoms. The smallest absolute Gasteiger partial charge is 0.324 e. The Hall–Kier alpha value is -3.64. The zero-order chi connectivity index (χ0) is 22.7. The molecule has 0 saturated carbocycles. The van der Waals surface area contributed by atoms with Crippen LogP contribution in [0, 0.1) is 6.92 Å². The van der Waals surface area contributed by atoms with Crippen LogP contribution in [0.4, 0.5) is 5.69 Å². The van der Waals surface area contributed by atoms with E-state index in [0.29, 0.717) is 28.0 Å². The Kier molecular flexibility index (Phi) is 6.23. The number of nitrogens with zero attached hydrogens (tertiary/aromatic N) is 2. The third-order valence-electron chi connectivity index (χ3n) is 5.37. The Labute approximate surface area is 189 Å². The van der Waals surface area contributed by atoms with E-state index in [9.17, 15) is 14.4 Å². The summed E-state index contributed by atoms with van der Waals surface area (Å²) in [6, 6.07) is 21.7. The molecule has 0 atom stereocenters. The number of aryl methyl sites for hydroxylation is 2. The second kappa shape index (κ2) is 9.24. The molecule has 0 saturated heterocycles. The first kappa shape index (κ1) is 21.6. The molecule has 0 fully saturated rings. The minimum atomic E-state index is -0.511. The van der Waals surface area contributed by atoms with Crippen LogP contribution in [0.5, 0.6) is 0 Å². The Morgan fingerprint density at radius 2 is 1.66 bits per heavy atom. The molecule has 1 N–H and O–H groups in total. The molecule has 0 spiro atoms. The monoisotopic (exact) mass is 447 g/mol. The van der Waals surface area contributed by atoms with Gasteiger partial charge in [0.15, 0.2) is 0 Å². The van der Waals surface area contributed by atoms with Crippen LogP contribution in [0.3, 0.4) is 0 Å².